The summed E-state index contributed by atoms with van der Waals surface area (Å²) in [5, 5.41) is 0. The van der Waals surface area contributed by atoms with E-state index >= 15 is 0 Å². The third-order valence-corrected chi connectivity index (χ3v) is 2.45. The van der Waals surface area contributed by atoms with Crippen molar-refractivity contribution >= 4 is 46.4 Å². The molecular formula is C9H15BrCl2N2. The Morgan fingerprint density at radius 2 is 1.79 bits per heavy atom. The van der Waals surface area contributed by atoms with E-state index in [4.69, 9.17) is 11.5 Å². The lowest BCUT2D eigenvalue weighted by Gasteiger charge is -2.11. The molecule has 14 heavy (non-hydrogen) atoms. The SMILES string of the molecule is Cc1cc(Br)c(N)c([C@@H](C)N)c1.Cl.Cl. The molecule has 1 aromatic carbocycles. The summed E-state index contributed by atoms with van der Waals surface area (Å²) in [6.07, 6.45) is 0. The number of nitrogens with two attached hydrogens (primary N) is 2. The molecule has 0 radical (unpaired) electrons. The predicted molar refractivity (Wildman–Crippen MR) is 70.4 cm³/mol. The predicted octanol–water partition coefficient (Wildman–Crippen LogP) is 3.20. The number of hydrogen-bond acceptors (Lipinski definition) is 2. The van der Waals surface area contributed by atoms with Gasteiger partial charge in [0.05, 0.1) is 5.69 Å². The maximum atomic E-state index is 5.83. The van der Waals surface area contributed by atoms with Gasteiger partial charge in [-0.15, -0.1) is 24.8 Å². The Balaban J connectivity index is 0. The zero-order chi connectivity index (χ0) is 9.30. The molecule has 1 aromatic rings. The maximum absolute atomic E-state index is 5.83. The minimum atomic E-state index is -0.0128. The van der Waals surface area contributed by atoms with Crippen molar-refractivity contribution < 1.29 is 0 Å². The van der Waals surface area contributed by atoms with Crippen molar-refractivity contribution in [3.8, 4) is 0 Å². The molecule has 0 aliphatic rings. The fourth-order valence-electron chi connectivity index (χ4n) is 1.16. The van der Waals surface area contributed by atoms with Crippen LogP contribution in [0.15, 0.2) is 16.6 Å². The van der Waals surface area contributed by atoms with Gasteiger partial charge in [-0.3, -0.25) is 0 Å². The molecule has 2 nitrogen and oxygen atoms in total. The number of anilines is 1. The second kappa shape index (κ2) is 6.51. The third-order valence-electron chi connectivity index (χ3n) is 1.80. The van der Waals surface area contributed by atoms with Crippen molar-refractivity contribution in [3.05, 3.63) is 27.7 Å². The van der Waals surface area contributed by atoms with Gasteiger partial charge in [-0.05, 0) is 47.0 Å². The third kappa shape index (κ3) is 3.65. The van der Waals surface area contributed by atoms with Crippen LogP contribution in [-0.2, 0) is 0 Å². The van der Waals surface area contributed by atoms with Gasteiger partial charge in [-0.1, -0.05) is 6.07 Å². The zero-order valence-electron chi connectivity index (χ0n) is 8.08. The molecule has 82 valence electrons. The molecule has 0 spiro atoms. The van der Waals surface area contributed by atoms with Gasteiger partial charge in [0.25, 0.3) is 0 Å². The summed E-state index contributed by atoms with van der Waals surface area (Å²) in [4.78, 5) is 0. The molecule has 1 rings (SSSR count). The van der Waals surface area contributed by atoms with Crippen LogP contribution in [0.2, 0.25) is 0 Å². The van der Waals surface area contributed by atoms with Crippen molar-refractivity contribution in [1.29, 1.82) is 0 Å². The highest BCUT2D eigenvalue weighted by Crippen LogP contribution is 2.28. The van der Waals surface area contributed by atoms with E-state index < -0.39 is 0 Å². The average molecular weight is 302 g/mol. The van der Waals surface area contributed by atoms with E-state index in [1.807, 2.05) is 26.0 Å². The van der Waals surface area contributed by atoms with Crippen LogP contribution >= 0.6 is 40.7 Å². The van der Waals surface area contributed by atoms with Crippen LogP contribution in [0.1, 0.15) is 24.1 Å². The van der Waals surface area contributed by atoms with Crippen molar-refractivity contribution in [3.63, 3.8) is 0 Å². The summed E-state index contributed by atoms with van der Waals surface area (Å²) in [5.41, 5.74) is 14.5. The van der Waals surface area contributed by atoms with Crippen LogP contribution in [0, 0.1) is 6.92 Å². The lowest BCUT2D eigenvalue weighted by Crippen LogP contribution is -2.08. The van der Waals surface area contributed by atoms with Crippen molar-refractivity contribution in [2.75, 3.05) is 5.73 Å². The molecule has 5 heteroatoms. The topological polar surface area (TPSA) is 52.0 Å². The number of rotatable bonds is 1. The van der Waals surface area contributed by atoms with Gasteiger partial charge in [0, 0.05) is 10.5 Å². The Hall–Kier alpha value is 0.0400. The first-order valence-electron chi connectivity index (χ1n) is 3.83. The van der Waals surface area contributed by atoms with Gasteiger partial charge in [0.15, 0.2) is 0 Å². The number of hydrogen-bond donors (Lipinski definition) is 2. The van der Waals surface area contributed by atoms with Crippen molar-refractivity contribution in [1.82, 2.24) is 0 Å². The van der Waals surface area contributed by atoms with Gasteiger partial charge < -0.3 is 11.5 Å². The Bertz CT molecular complexity index is 303. The summed E-state index contributed by atoms with van der Waals surface area (Å²) in [5.74, 6) is 0. The van der Waals surface area contributed by atoms with Crippen LogP contribution in [0.25, 0.3) is 0 Å². The molecule has 0 aromatic heterocycles. The van der Waals surface area contributed by atoms with Gasteiger partial charge >= 0.3 is 0 Å². The zero-order valence-corrected chi connectivity index (χ0v) is 11.3. The maximum Gasteiger partial charge on any atom is 0.0506 e. The molecule has 0 unspecified atom stereocenters. The highest BCUT2D eigenvalue weighted by molar-refractivity contribution is 9.10. The molecule has 0 amide bonds. The largest absolute Gasteiger partial charge is 0.398 e. The number of halogens is 3. The lowest BCUT2D eigenvalue weighted by molar-refractivity contribution is 0.819. The lowest BCUT2D eigenvalue weighted by atomic mass is 10.0. The van der Waals surface area contributed by atoms with Crippen LogP contribution in [0.4, 0.5) is 5.69 Å². The molecule has 0 bridgehead atoms. The van der Waals surface area contributed by atoms with E-state index in [0.29, 0.717) is 0 Å². The first kappa shape index (κ1) is 16.5. The second-order valence-electron chi connectivity index (χ2n) is 3.04. The van der Waals surface area contributed by atoms with Gasteiger partial charge in [-0.2, -0.15) is 0 Å². The van der Waals surface area contributed by atoms with Crippen LogP contribution < -0.4 is 11.5 Å². The van der Waals surface area contributed by atoms with E-state index in [1.54, 1.807) is 0 Å². The second-order valence-corrected chi connectivity index (χ2v) is 3.89. The van der Waals surface area contributed by atoms with Crippen LogP contribution in [0.5, 0.6) is 0 Å². The van der Waals surface area contributed by atoms with E-state index in [0.717, 1.165) is 15.7 Å². The summed E-state index contributed by atoms with van der Waals surface area (Å²) in [7, 11) is 0. The molecule has 1 atom stereocenters. The number of nitrogen functional groups attached to an aromatic ring is 1. The fraction of sp³-hybridized carbons (Fsp3) is 0.333. The molecule has 0 saturated heterocycles. The summed E-state index contributed by atoms with van der Waals surface area (Å²) in [6.45, 7) is 3.95. The fourth-order valence-corrected chi connectivity index (χ4v) is 1.75. The first-order chi connectivity index (χ1) is 5.52. The Kier molecular flexibility index (Phi) is 7.66. The van der Waals surface area contributed by atoms with Crippen molar-refractivity contribution in [2.45, 2.75) is 19.9 Å². The molecular weight excluding hydrogens is 287 g/mol. The molecule has 0 fully saturated rings. The van der Waals surface area contributed by atoms with E-state index in [9.17, 15) is 0 Å². The highest BCUT2D eigenvalue weighted by Gasteiger charge is 2.07. The standard InChI is InChI=1S/C9H13BrN2.2ClH/c1-5-3-7(6(2)11)9(12)8(10)4-5;;/h3-4,6H,11-12H2,1-2H3;2*1H/t6-;;/m1../s1. The summed E-state index contributed by atoms with van der Waals surface area (Å²) >= 11 is 3.38. The molecule has 0 aliphatic carbocycles. The minimum Gasteiger partial charge on any atom is -0.398 e. The first-order valence-corrected chi connectivity index (χ1v) is 4.62. The monoisotopic (exact) mass is 300 g/mol. The molecule has 0 heterocycles. The van der Waals surface area contributed by atoms with Crippen LogP contribution in [0.3, 0.4) is 0 Å². The smallest absolute Gasteiger partial charge is 0.0506 e. The Morgan fingerprint density at radius 1 is 1.29 bits per heavy atom. The highest BCUT2D eigenvalue weighted by atomic mass is 79.9. The van der Waals surface area contributed by atoms with Crippen molar-refractivity contribution in [2.24, 2.45) is 5.73 Å². The average Bonchev–Trinajstić information content (AvgIpc) is 1.96. The molecule has 4 N–H and O–H groups in total. The molecule has 0 saturated carbocycles. The van der Waals surface area contributed by atoms with Crippen LogP contribution in [-0.4, -0.2) is 0 Å². The number of benzene rings is 1. The van der Waals surface area contributed by atoms with E-state index in [2.05, 4.69) is 15.9 Å². The Morgan fingerprint density at radius 3 is 2.21 bits per heavy atom. The summed E-state index contributed by atoms with van der Waals surface area (Å²) < 4.78 is 0.926. The Labute approximate surface area is 105 Å². The summed E-state index contributed by atoms with van der Waals surface area (Å²) in [6, 6.07) is 3.99. The van der Waals surface area contributed by atoms with E-state index in [-0.39, 0.29) is 30.9 Å². The number of aryl methyl sites for hydroxylation is 1. The van der Waals surface area contributed by atoms with E-state index in [1.165, 1.54) is 5.56 Å². The normalized spacial score (nSPS) is 11.1. The van der Waals surface area contributed by atoms with Gasteiger partial charge in [-0.25, -0.2) is 0 Å². The van der Waals surface area contributed by atoms with Gasteiger partial charge in [0.1, 0.15) is 0 Å². The molecule has 0 aliphatic heterocycles. The minimum absolute atomic E-state index is 0. The quantitative estimate of drug-likeness (QED) is 0.783. The van der Waals surface area contributed by atoms with Gasteiger partial charge in [0.2, 0.25) is 0 Å².